The van der Waals surface area contributed by atoms with Crippen molar-refractivity contribution >= 4 is 11.9 Å². The summed E-state index contributed by atoms with van der Waals surface area (Å²) in [6.45, 7) is 7.94. The van der Waals surface area contributed by atoms with Gasteiger partial charge in [0.05, 0.1) is 6.42 Å². The van der Waals surface area contributed by atoms with Crippen LogP contribution in [0.3, 0.4) is 0 Å². The van der Waals surface area contributed by atoms with E-state index in [1.165, 1.54) is 0 Å². The smallest absolute Gasteiger partial charge is 0.422 e. The van der Waals surface area contributed by atoms with Gasteiger partial charge in [0.15, 0.2) is 6.61 Å². The zero-order valence-corrected chi connectivity index (χ0v) is 15.2. The fraction of sp³-hybridized carbons (Fsp3) is 0.882. The van der Waals surface area contributed by atoms with Crippen LogP contribution in [0.15, 0.2) is 0 Å². The molecule has 0 spiro atoms. The van der Waals surface area contributed by atoms with E-state index in [0.29, 0.717) is 19.3 Å². The Morgan fingerprint density at radius 3 is 1.88 bits per heavy atom. The molecule has 0 bridgehead atoms. The lowest BCUT2D eigenvalue weighted by atomic mass is 9.85. The molecule has 0 aliphatic carbocycles. The summed E-state index contributed by atoms with van der Waals surface area (Å²) in [5.41, 5.74) is -1.11. The van der Waals surface area contributed by atoms with E-state index in [2.05, 4.69) is 4.74 Å². The van der Waals surface area contributed by atoms with E-state index in [0.717, 1.165) is 6.42 Å². The first-order valence-electron chi connectivity index (χ1n) is 8.33. The van der Waals surface area contributed by atoms with Crippen LogP contribution in [-0.2, 0) is 19.1 Å². The lowest BCUT2D eigenvalue weighted by molar-refractivity contribution is -0.192. The molecular weight excluding hydrogens is 325 g/mol. The molecule has 0 radical (unpaired) electrons. The minimum absolute atomic E-state index is 0.00570. The van der Waals surface area contributed by atoms with Crippen LogP contribution in [0.25, 0.3) is 0 Å². The molecule has 0 aromatic rings. The molecule has 0 atom stereocenters. The predicted octanol–water partition coefficient (Wildman–Crippen LogP) is 4.80. The van der Waals surface area contributed by atoms with Crippen LogP contribution >= 0.6 is 0 Å². The van der Waals surface area contributed by atoms with Gasteiger partial charge in [-0.05, 0) is 24.7 Å². The second-order valence-electron chi connectivity index (χ2n) is 6.83. The minimum atomic E-state index is -4.57. The highest BCUT2D eigenvalue weighted by Crippen LogP contribution is 2.30. The largest absolute Gasteiger partial charge is 0.458 e. The maximum atomic E-state index is 12.1. The third kappa shape index (κ3) is 9.13. The Kier molecular flexibility index (Phi) is 8.78. The van der Waals surface area contributed by atoms with Crippen molar-refractivity contribution in [2.75, 3.05) is 6.61 Å². The Labute approximate surface area is 142 Å². The third-order valence-electron chi connectivity index (χ3n) is 4.45. The van der Waals surface area contributed by atoms with Crippen LogP contribution < -0.4 is 0 Å². The number of halogens is 3. The summed E-state index contributed by atoms with van der Waals surface area (Å²) in [7, 11) is 0. The zero-order chi connectivity index (χ0) is 19.0. The minimum Gasteiger partial charge on any atom is -0.458 e. The number of rotatable bonds is 10. The maximum absolute atomic E-state index is 12.1. The molecule has 4 nitrogen and oxygen atoms in total. The Balaban J connectivity index is 4.69. The van der Waals surface area contributed by atoms with Crippen LogP contribution in [0.2, 0.25) is 0 Å². The van der Waals surface area contributed by atoms with Gasteiger partial charge in [-0.3, -0.25) is 9.59 Å². The van der Waals surface area contributed by atoms with Gasteiger partial charge < -0.3 is 9.47 Å². The van der Waals surface area contributed by atoms with Crippen molar-refractivity contribution in [1.82, 2.24) is 0 Å². The van der Waals surface area contributed by atoms with Crippen molar-refractivity contribution in [3.8, 4) is 0 Å². The lowest BCUT2D eigenvalue weighted by Crippen LogP contribution is -2.37. The monoisotopic (exact) mass is 354 g/mol. The van der Waals surface area contributed by atoms with Gasteiger partial charge in [-0.2, -0.15) is 13.2 Å². The summed E-state index contributed by atoms with van der Waals surface area (Å²) >= 11 is 0. The van der Waals surface area contributed by atoms with Gasteiger partial charge >= 0.3 is 18.1 Å². The highest BCUT2D eigenvalue weighted by molar-refractivity contribution is 5.73. The zero-order valence-electron chi connectivity index (χ0n) is 15.2. The molecule has 0 rings (SSSR count). The van der Waals surface area contributed by atoms with Gasteiger partial charge in [0, 0.05) is 6.42 Å². The predicted molar refractivity (Wildman–Crippen MR) is 84.3 cm³/mol. The number of esters is 2. The van der Waals surface area contributed by atoms with Crippen molar-refractivity contribution in [3.63, 3.8) is 0 Å². The van der Waals surface area contributed by atoms with E-state index >= 15 is 0 Å². The number of carbonyl (C=O) groups excluding carboxylic acids is 2. The number of hydrogen-bond acceptors (Lipinski definition) is 4. The van der Waals surface area contributed by atoms with Gasteiger partial charge in [0.1, 0.15) is 5.60 Å². The van der Waals surface area contributed by atoms with Crippen molar-refractivity contribution < 1.29 is 32.2 Å². The van der Waals surface area contributed by atoms with E-state index in [9.17, 15) is 22.8 Å². The molecule has 0 aromatic carbocycles. The van der Waals surface area contributed by atoms with Gasteiger partial charge in [0.25, 0.3) is 0 Å². The maximum Gasteiger partial charge on any atom is 0.422 e. The summed E-state index contributed by atoms with van der Waals surface area (Å²) in [5, 5.41) is 0. The van der Waals surface area contributed by atoms with Crippen LogP contribution in [0.1, 0.15) is 73.1 Å². The molecule has 0 aliphatic heterocycles. The van der Waals surface area contributed by atoms with Crippen molar-refractivity contribution in [1.29, 1.82) is 0 Å². The molecule has 0 saturated heterocycles. The first-order chi connectivity index (χ1) is 10.9. The molecule has 7 heteroatoms. The molecule has 142 valence electrons. The molecule has 24 heavy (non-hydrogen) atoms. The quantitative estimate of drug-likeness (QED) is 0.529. The topological polar surface area (TPSA) is 52.6 Å². The molecular formula is C17H29F3O4. The van der Waals surface area contributed by atoms with E-state index in [-0.39, 0.29) is 18.3 Å². The summed E-state index contributed by atoms with van der Waals surface area (Å²) in [6, 6.07) is 0. The second kappa shape index (κ2) is 9.28. The molecule has 0 unspecified atom stereocenters. The van der Waals surface area contributed by atoms with Crippen LogP contribution in [0, 0.1) is 5.41 Å². The molecule has 0 saturated carbocycles. The summed E-state index contributed by atoms with van der Waals surface area (Å²) in [4.78, 5) is 23.7. The summed E-state index contributed by atoms with van der Waals surface area (Å²) < 4.78 is 46.0. The lowest BCUT2D eigenvalue weighted by Gasteiger charge is -2.31. The first kappa shape index (κ1) is 22.7. The van der Waals surface area contributed by atoms with E-state index in [1.807, 2.05) is 20.8 Å². The van der Waals surface area contributed by atoms with Crippen LogP contribution in [-0.4, -0.2) is 30.3 Å². The fourth-order valence-electron chi connectivity index (χ4n) is 2.07. The van der Waals surface area contributed by atoms with E-state index in [1.54, 1.807) is 13.8 Å². The van der Waals surface area contributed by atoms with Gasteiger partial charge in [-0.15, -0.1) is 0 Å². The number of carbonyl (C=O) groups is 2. The summed E-state index contributed by atoms with van der Waals surface area (Å²) in [5.74, 6) is -1.46. The highest BCUT2D eigenvalue weighted by atomic mass is 19.4. The van der Waals surface area contributed by atoms with Gasteiger partial charge in [-0.25, -0.2) is 0 Å². The number of ether oxygens (including phenoxy) is 2. The third-order valence-corrected chi connectivity index (χ3v) is 4.45. The average molecular weight is 354 g/mol. The normalized spacial score (nSPS) is 12.8. The van der Waals surface area contributed by atoms with E-state index < -0.39 is 30.3 Å². The standard InChI is InChI=1S/C17H29F3O4/c1-6-15(4,5)10-9-13(21)24-16(7-2,8-3)11-14(22)23-12-17(18,19)20/h6-12H2,1-5H3. The van der Waals surface area contributed by atoms with Gasteiger partial charge in [-0.1, -0.05) is 41.0 Å². The molecule has 0 aromatic heterocycles. The molecule has 0 N–H and O–H groups in total. The van der Waals surface area contributed by atoms with Crippen LogP contribution in [0.5, 0.6) is 0 Å². The Morgan fingerprint density at radius 2 is 1.46 bits per heavy atom. The van der Waals surface area contributed by atoms with Crippen molar-refractivity contribution in [2.24, 2.45) is 5.41 Å². The first-order valence-corrected chi connectivity index (χ1v) is 8.33. The SMILES string of the molecule is CCC(C)(C)CCC(=O)OC(CC)(CC)CC(=O)OCC(F)(F)F. The average Bonchev–Trinajstić information content (AvgIpc) is 2.50. The number of hydrogen-bond donors (Lipinski definition) is 0. The highest BCUT2D eigenvalue weighted by Gasteiger charge is 2.36. The van der Waals surface area contributed by atoms with E-state index in [4.69, 9.17) is 4.74 Å². The summed E-state index contributed by atoms with van der Waals surface area (Å²) in [6.07, 6.45) is -2.53. The second-order valence-corrected chi connectivity index (χ2v) is 6.83. The Hall–Kier alpha value is -1.27. The molecule has 0 aliphatic rings. The Bertz CT molecular complexity index is 413. The van der Waals surface area contributed by atoms with Crippen molar-refractivity contribution in [2.45, 2.75) is 84.9 Å². The van der Waals surface area contributed by atoms with Gasteiger partial charge in [0.2, 0.25) is 0 Å². The van der Waals surface area contributed by atoms with Crippen LogP contribution in [0.4, 0.5) is 13.2 Å². The fourth-order valence-corrected chi connectivity index (χ4v) is 2.07. The Morgan fingerprint density at radius 1 is 0.917 bits per heavy atom. The molecule has 0 fully saturated rings. The number of alkyl halides is 3. The molecule has 0 amide bonds. The van der Waals surface area contributed by atoms with Crippen molar-refractivity contribution in [3.05, 3.63) is 0 Å². The molecule has 0 heterocycles.